The summed E-state index contributed by atoms with van der Waals surface area (Å²) < 4.78 is 27.5. The smallest absolute Gasteiger partial charge is 0.331 e. The molecule has 2 amide bonds. The number of hydrogen-bond acceptors (Lipinski definition) is 6. The van der Waals surface area contributed by atoms with Crippen molar-refractivity contribution in [1.29, 1.82) is 0 Å². The Kier molecular flexibility index (Phi) is 6.19. The predicted molar refractivity (Wildman–Crippen MR) is 130 cm³/mol. The first-order valence-corrected chi connectivity index (χ1v) is 13.1. The Morgan fingerprint density at radius 2 is 1.53 bits per heavy atom. The summed E-state index contributed by atoms with van der Waals surface area (Å²) in [5, 5.41) is 0. The second kappa shape index (κ2) is 9.42. The molecule has 0 bridgehead atoms. The normalized spacial score (nSPS) is 16.1. The first kappa shape index (κ1) is 22.3. The number of benzene rings is 2. The maximum absolute atomic E-state index is 13.0. The van der Waals surface area contributed by atoms with Crippen LogP contribution in [0.1, 0.15) is 30.5 Å². The minimum atomic E-state index is -3.94. The van der Waals surface area contributed by atoms with E-state index >= 15 is 0 Å². The molecule has 0 spiro atoms. The SMILES string of the molecule is O=C(NS(=O)(=O)c1ccccc1)N1CCc2nc(-c3ccccc3)nc(N3CCCCC3)c2C1. The summed E-state index contributed by atoms with van der Waals surface area (Å²) in [6.45, 7) is 2.47. The quantitative estimate of drug-likeness (QED) is 0.617. The number of carbonyl (C=O) groups is 1. The molecule has 5 rings (SSSR count). The fourth-order valence-corrected chi connectivity index (χ4v) is 5.48. The number of sulfonamides is 1. The minimum absolute atomic E-state index is 0.0607. The third-order valence-corrected chi connectivity index (χ3v) is 7.62. The lowest BCUT2D eigenvalue weighted by molar-refractivity contribution is 0.198. The van der Waals surface area contributed by atoms with Gasteiger partial charge in [-0.05, 0) is 31.4 Å². The highest BCUT2D eigenvalue weighted by molar-refractivity contribution is 7.90. The maximum Gasteiger partial charge on any atom is 0.331 e. The number of aromatic nitrogens is 2. The maximum atomic E-state index is 13.0. The van der Waals surface area contributed by atoms with Gasteiger partial charge in [0.15, 0.2) is 5.82 Å². The van der Waals surface area contributed by atoms with E-state index in [1.165, 1.54) is 23.5 Å². The van der Waals surface area contributed by atoms with Gasteiger partial charge in [-0.15, -0.1) is 0 Å². The van der Waals surface area contributed by atoms with Gasteiger partial charge in [-0.2, -0.15) is 0 Å². The molecule has 1 N–H and O–H groups in total. The number of fused-ring (bicyclic) bond motifs is 1. The summed E-state index contributed by atoms with van der Waals surface area (Å²) in [5.74, 6) is 1.54. The van der Waals surface area contributed by atoms with Gasteiger partial charge in [0.1, 0.15) is 5.82 Å². The second-order valence-electron chi connectivity index (χ2n) is 8.61. The summed E-state index contributed by atoms with van der Waals surface area (Å²) in [7, 11) is -3.94. The topological polar surface area (TPSA) is 95.5 Å². The van der Waals surface area contributed by atoms with Gasteiger partial charge in [-0.1, -0.05) is 48.5 Å². The van der Waals surface area contributed by atoms with Crippen molar-refractivity contribution >= 4 is 21.9 Å². The van der Waals surface area contributed by atoms with Crippen LogP contribution in [0.3, 0.4) is 0 Å². The summed E-state index contributed by atoms with van der Waals surface area (Å²) in [6, 6.07) is 17.2. The van der Waals surface area contributed by atoms with E-state index in [4.69, 9.17) is 9.97 Å². The predicted octanol–water partition coefficient (Wildman–Crippen LogP) is 3.59. The van der Waals surface area contributed by atoms with Crippen LogP contribution in [0.15, 0.2) is 65.6 Å². The Labute approximate surface area is 199 Å². The number of nitrogens with zero attached hydrogens (tertiary/aromatic N) is 4. The van der Waals surface area contributed by atoms with Crippen LogP contribution in [0.4, 0.5) is 10.6 Å². The van der Waals surface area contributed by atoms with Crippen molar-refractivity contribution in [2.75, 3.05) is 24.5 Å². The molecule has 0 unspecified atom stereocenters. The molecule has 2 aliphatic rings. The van der Waals surface area contributed by atoms with E-state index < -0.39 is 16.1 Å². The first-order valence-electron chi connectivity index (χ1n) is 11.6. The Hall–Kier alpha value is -3.46. The molecule has 176 valence electrons. The molecular formula is C25H27N5O3S. The largest absolute Gasteiger partial charge is 0.356 e. The molecule has 34 heavy (non-hydrogen) atoms. The molecule has 0 atom stereocenters. The van der Waals surface area contributed by atoms with E-state index in [-0.39, 0.29) is 11.4 Å². The van der Waals surface area contributed by atoms with Crippen LogP contribution < -0.4 is 9.62 Å². The molecular weight excluding hydrogens is 450 g/mol. The third kappa shape index (κ3) is 4.61. The van der Waals surface area contributed by atoms with Crippen molar-refractivity contribution in [2.45, 2.75) is 37.1 Å². The zero-order valence-corrected chi connectivity index (χ0v) is 19.7. The summed E-state index contributed by atoms with van der Waals surface area (Å²) >= 11 is 0. The highest BCUT2D eigenvalue weighted by Crippen LogP contribution is 2.31. The number of anilines is 1. The minimum Gasteiger partial charge on any atom is -0.356 e. The lowest BCUT2D eigenvalue weighted by Gasteiger charge is -2.34. The van der Waals surface area contributed by atoms with Crippen LogP contribution >= 0.6 is 0 Å². The Balaban J connectivity index is 1.44. The van der Waals surface area contributed by atoms with Gasteiger partial charge in [0.2, 0.25) is 0 Å². The summed E-state index contributed by atoms with van der Waals surface area (Å²) in [4.78, 5) is 26.6. The zero-order valence-electron chi connectivity index (χ0n) is 18.9. The Bertz CT molecular complexity index is 1280. The van der Waals surface area contributed by atoms with E-state index in [0.717, 1.165) is 48.6 Å². The van der Waals surface area contributed by atoms with Crippen molar-refractivity contribution < 1.29 is 13.2 Å². The fraction of sp³-hybridized carbons (Fsp3) is 0.320. The van der Waals surface area contributed by atoms with Crippen LogP contribution in [0.5, 0.6) is 0 Å². The molecule has 1 fully saturated rings. The number of hydrogen-bond donors (Lipinski definition) is 1. The van der Waals surface area contributed by atoms with Gasteiger partial charge in [0, 0.05) is 37.2 Å². The van der Waals surface area contributed by atoms with Gasteiger partial charge in [-0.25, -0.2) is 27.9 Å². The van der Waals surface area contributed by atoms with E-state index in [9.17, 15) is 13.2 Å². The summed E-state index contributed by atoms with van der Waals surface area (Å²) in [5.41, 5.74) is 2.78. The average molecular weight is 478 g/mol. The Morgan fingerprint density at radius 1 is 0.853 bits per heavy atom. The number of amides is 2. The van der Waals surface area contributed by atoms with Crippen molar-refractivity contribution in [1.82, 2.24) is 19.6 Å². The molecule has 8 nitrogen and oxygen atoms in total. The van der Waals surface area contributed by atoms with Gasteiger partial charge in [0.25, 0.3) is 10.0 Å². The average Bonchev–Trinajstić information content (AvgIpc) is 2.89. The molecule has 2 aromatic carbocycles. The monoisotopic (exact) mass is 477 g/mol. The lowest BCUT2D eigenvalue weighted by atomic mass is 10.0. The van der Waals surface area contributed by atoms with Crippen molar-refractivity contribution in [2.24, 2.45) is 0 Å². The molecule has 2 aliphatic heterocycles. The number of nitrogens with one attached hydrogen (secondary N) is 1. The second-order valence-corrected chi connectivity index (χ2v) is 10.3. The zero-order chi connectivity index (χ0) is 23.5. The molecule has 1 saturated heterocycles. The lowest BCUT2D eigenvalue weighted by Crippen LogP contribution is -2.45. The third-order valence-electron chi connectivity index (χ3n) is 6.29. The summed E-state index contributed by atoms with van der Waals surface area (Å²) in [6.07, 6.45) is 3.93. The van der Waals surface area contributed by atoms with Crippen LogP contribution in [0.2, 0.25) is 0 Å². The molecule has 3 heterocycles. The van der Waals surface area contributed by atoms with Crippen LogP contribution in [0, 0.1) is 0 Å². The molecule has 3 aromatic rings. The molecule has 0 radical (unpaired) electrons. The highest BCUT2D eigenvalue weighted by Gasteiger charge is 2.30. The van der Waals surface area contributed by atoms with E-state index in [1.54, 1.807) is 18.2 Å². The number of piperidine rings is 1. The van der Waals surface area contributed by atoms with Crippen molar-refractivity contribution in [3.63, 3.8) is 0 Å². The van der Waals surface area contributed by atoms with Crippen LogP contribution in [0.25, 0.3) is 11.4 Å². The highest BCUT2D eigenvalue weighted by atomic mass is 32.2. The standard InChI is InChI=1S/C25H27N5O3S/c31-25(28-34(32,33)20-12-6-2-7-13-20)30-17-14-22-21(18-30)24(29-15-8-3-9-16-29)27-23(26-22)19-10-4-1-5-11-19/h1-2,4-7,10-13H,3,8-9,14-18H2,(H,28,31). The fourth-order valence-electron chi connectivity index (χ4n) is 4.49. The Morgan fingerprint density at radius 3 is 2.24 bits per heavy atom. The van der Waals surface area contributed by atoms with Gasteiger partial charge in [0.05, 0.1) is 17.1 Å². The molecule has 0 saturated carbocycles. The molecule has 1 aromatic heterocycles. The van der Waals surface area contributed by atoms with Gasteiger partial charge in [-0.3, -0.25) is 0 Å². The number of urea groups is 1. The molecule has 0 aliphatic carbocycles. The van der Waals surface area contributed by atoms with E-state index in [2.05, 4.69) is 9.62 Å². The van der Waals surface area contributed by atoms with Gasteiger partial charge < -0.3 is 9.80 Å². The van der Waals surface area contributed by atoms with Crippen molar-refractivity contribution in [3.8, 4) is 11.4 Å². The van der Waals surface area contributed by atoms with Gasteiger partial charge >= 0.3 is 6.03 Å². The first-order chi connectivity index (χ1) is 16.5. The van der Waals surface area contributed by atoms with E-state index in [0.29, 0.717) is 18.8 Å². The van der Waals surface area contributed by atoms with Crippen molar-refractivity contribution in [3.05, 3.63) is 71.9 Å². The van der Waals surface area contributed by atoms with Crippen LogP contribution in [-0.2, 0) is 23.0 Å². The van der Waals surface area contributed by atoms with E-state index in [1.807, 2.05) is 30.3 Å². The number of carbonyl (C=O) groups excluding carboxylic acids is 1. The van der Waals surface area contributed by atoms with Crippen LogP contribution in [-0.4, -0.2) is 49.0 Å². The number of rotatable bonds is 4. The molecule has 9 heteroatoms.